The first-order valence-corrected chi connectivity index (χ1v) is 8.14. The summed E-state index contributed by atoms with van der Waals surface area (Å²) in [5, 5.41) is 2.90. The zero-order valence-corrected chi connectivity index (χ0v) is 14.2. The average Bonchev–Trinajstić information content (AvgIpc) is 2.94. The number of nitrogens with zero attached hydrogens (tertiary/aromatic N) is 2. The standard InChI is InChI=1S/C19H20FN3O2/c1-13(19-22-15-8-4-5-9-16(15)23(19)2)21-18(24)11-12-25-17-10-6-3-7-14(17)20/h3-10,13H,11-12H2,1-2H3,(H,21,24)/t13-/m1/s1. The predicted octanol–water partition coefficient (Wildman–Crippen LogP) is 3.36. The fraction of sp³-hybridized carbons (Fsp3) is 0.263. The third-order valence-corrected chi connectivity index (χ3v) is 4.01. The van der Waals surface area contributed by atoms with Gasteiger partial charge in [-0.05, 0) is 31.2 Å². The highest BCUT2D eigenvalue weighted by Crippen LogP contribution is 2.19. The number of carbonyl (C=O) groups excluding carboxylic acids is 1. The summed E-state index contributed by atoms with van der Waals surface area (Å²) in [7, 11) is 1.93. The zero-order chi connectivity index (χ0) is 17.8. The Bertz CT molecular complexity index is 891. The highest BCUT2D eigenvalue weighted by atomic mass is 19.1. The number of hydrogen-bond donors (Lipinski definition) is 1. The summed E-state index contributed by atoms with van der Waals surface area (Å²) >= 11 is 0. The van der Waals surface area contributed by atoms with Crippen molar-refractivity contribution in [3.63, 3.8) is 0 Å². The van der Waals surface area contributed by atoms with Crippen molar-refractivity contribution in [2.45, 2.75) is 19.4 Å². The van der Waals surface area contributed by atoms with Crippen molar-refractivity contribution in [2.24, 2.45) is 7.05 Å². The van der Waals surface area contributed by atoms with Gasteiger partial charge >= 0.3 is 0 Å². The van der Waals surface area contributed by atoms with Crippen LogP contribution in [-0.4, -0.2) is 22.1 Å². The van der Waals surface area contributed by atoms with Gasteiger partial charge in [-0.3, -0.25) is 4.79 Å². The molecule has 1 heterocycles. The van der Waals surface area contributed by atoms with E-state index in [2.05, 4.69) is 10.3 Å². The van der Waals surface area contributed by atoms with Crippen LogP contribution in [0.2, 0.25) is 0 Å². The molecule has 0 aliphatic carbocycles. The van der Waals surface area contributed by atoms with E-state index in [4.69, 9.17) is 4.74 Å². The molecule has 25 heavy (non-hydrogen) atoms. The normalized spacial score (nSPS) is 12.1. The van der Waals surface area contributed by atoms with Crippen LogP contribution in [0.3, 0.4) is 0 Å². The first-order chi connectivity index (χ1) is 12.1. The van der Waals surface area contributed by atoms with Crippen molar-refractivity contribution < 1.29 is 13.9 Å². The molecule has 0 aliphatic heterocycles. The Morgan fingerprint density at radius 2 is 1.96 bits per heavy atom. The van der Waals surface area contributed by atoms with Gasteiger partial charge in [0.05, 0.1) is 30.1 Å². The van der Waals surface area contributed by atoms with E-state index in [0.717, 1.165) is 16.9 Å². The smallest absolute Gasteiger partial charge is 0.224 e. The molecule has 0 saturated carbocycles. The summed E-state index contributed by atoms with van der Waals surface area (Å²) in [5.74, 6) is 0.329. The Labute approximate surface area is 145 Å². The second-order valence-corrected chi connectivity index (χ2v) is 5.84. The van der Waals surface area contributed by atoms with Crippen molar-refractivity contribution in [3.8, 4) is 5.75 Å². The molecule has 3 rings (SSSR count). The number of halogens is 1. The van der Waals surface area contributed by atoms with E-state index in [-0.39, 0.29) is 30.7 Å². The molecule has 0 fully saturated rings. The molecule has 1 atom stereocenters. The van der Waals surface area contributed by atoms with E-state index in [1.165, 1.54) is 12.1 Å². The van der Waals surface area contributed by atoms with E-state index in [1.807, 2.05) is 42.8 Å². The van der Waals surface area contributed by atoms with Crippen molar-refractivity contribution in [1.29, 1.82) is 0 Å². The van der Waals surface area contributed by atoms with Gasteiger partial charge in [-0.15, -0.1) is 0 Å². The third kappa shape index (κ3) is 3.79. The summed E-state index contributed by atoms with van der Waals surface area (Å²) in [6.45, 7) is 2.00. The lowest BCUT2D eigenvalue weighted by atomic mass is 10.3. The molecule has 3 aromatic rings. The van der Waals surface area contributed by atoms with Gasteiger partial charge in [0.15, 0.2) is 11.6 Å². The molecule has 1 amide bonds. The number of amides is 1. The van der Waals surface area contributed by atoms with E-state index >= 15 is 0 Å². The molecule has 0 saturated heterocycles. The number of rotatable bonds is 6. The number of benzene rings is 2. The lowest BCUT2D eigenvalue weighted by molar-refractivity contribution is -0.122. The Hall–Kier alpha value is -2.89. The maximum atomic E-state index is 13.5. The molecular weight excluding hydrogens is 321 g/mol. The fourth-order valence-corrected chi connectivity index (χ4v) is 2.75. The van der Waals surface area contributed by atoms with E-state index in [1.54, 1.807) is 12.1 Å². The second kappa shape index (κ2) is 7.34. The van der Waals surface area contributed by atoms with E-state index in [0.29, 0.717) is 0 Å². The monoisotopic (exact) mass is 341 g/mol. The Kier molecular flexibility index (Phi) is 4.97. The average molecular weight is 341 g/mol. The molecule has 130 valence electrons. The van der Waals surface area contributed by atoms with Crippen LogP contribution in [0.25, 0.3) is 11.0 Å². The maximum absolute atomic E-state index is 13.5. The summed E-state index contributed by atoms with van der Waals surface area (Å²) in [6, 6.07) is 13.7. The lowest BCUT2D eigenvalue weighted by Gasteiger charge is -2.14. The minimum absolute atomic E-state index is 0.113. The van der Waals surface area contributed by atoms with Crippen LogP contribution in [0.1, 0.15) is 25.2 Å². The second-order valence-electron chi connectivity index (χ2n) is 5.84. The van der Waals surface area contributed by atoms with Crippen molar-refractivity contribution >= 4 is 16.9 Å². The van der Waals surface area contributed by atoms with Crippen LogP contribution in [-0.2, 0) is 11.8 Å². The zero-order valence-electron chi connectivity index (χ0n) is 14.2. The molecular formula is C19H20FN3O2. The van der Waals surface area contributed by atoms with E-state index < -0.39 is 5.82 Å². The lowest BCUT2D eigenvalue weighted by Crippen LogP contribution is -2.29. The van der Waals surface area contributed by atoms with Crippen LogP contribution in [0.15, 0.2) is 48.5 Å². The summed E-state index contributed by atoms with van der Waals surface area (Å²) < 4.78 is 20.7. The van der Waals surface area contributed by atoms with Gasteiger partial charge in [-0.1, -0.05) is 24.3 Å². The first kappa shape index (κ1) is 17.0. The molecule has 5 nitrogen and oxygen atoms in total. The number of nitrogens with one attached hydrogen (secondary N) is 1. The third-order valence-electron chi connectivity index (χ3n) is 4.01. The van der Waals surface area contributed by atoms with Crippen molar-refractivity contribution in [2.75, 3.05) is 6.61 Å². The highest BCUT2D eigenvalue weighted by molar-refractivity contribution is 5.78. The van der Waals surface area contributed by atoms with Crippen LogP contribution >= 0.6 is 0 Å². The fourth-order valence-electron chi connectivity index (χ4n) is 2.75. The quantitative estimate of drug-likeness (QED) is 0.748. The van der Waals surface area contributed by atoms with Gasteiger partial charge in [-0.2, -0.15) is 0 Å². The summed E-state index contributed by atoms with van der Waals surface area (Å²) in [5.41, 5.74) is 1.91. The summed E-state index contributed by atoms with van der Waals surface area (Å²) in [4.78, 5) is 16.7. The minimum Gasteiger partial charge on any atom is -0.490 e. The molecule has 0 unspecified atom stereocenters. The number of carbonyl (C=O) groups is 1. The van der Waals surface area contributed by atoms with Crippen molar-refractivity contribution in [3.05, 3.63) is 60.2 Å². The molecule has 0 aliphatic rings. The Balaban J connectivity index is 1.57. The molecule has 2 aromatic carbocycles. The van der Waals surface area contributed by atoms with Gasteiger partial charge in [0.25, 0.3) is 0 Å². The van der Waals surface area contributed by atoms with Gasteiger partial charge < -0.3 is 14.6 Å². The summed E-state index contributed by atoms with van der Waals surface area (Å²) in [6.07, 6.45) is 0.141. The number of imidazole rings is 1. The van der Waals surface area contributed by atoms with E-state index in [9.17, 15) is 9.18 Å². The van der Waals surface area contributed by atoms with Crippen molar-refractivity contribution in [1.82, 2.24) is 14.9 Å². The van der Waals surface area contributed by atoms with Crippen LogP contribution < -0.4 is 10.1 Å². The Morgan fingerprint density at radius 1 is 1.24 bits per heavy atom. The number of fused-ring (bicyclic) bond motifs is 1. The van der Waals surface area contributed by atoms with Gasteiger partial charge in [0.1, 0.15) is 5.82 Å². The molecule has 6 heteroatoms. The number of aryl methyl sites for hydroxylation is 1. The molecule has 0 bridgehead atoms. The van der Waals surface area contributed by atoms with Gasteiger partial charge in [0, 0.05) is 7.05 Å². The van der Waals surface area contributed by atoms with Gasteiger partial charge in [0.2, 0.25) is 5.91 Å². The number of aromatic nitrogens is 2. The molecule has 0 spiro atoms. The highest BCUT2D eigenvalue weighted by Gasteiger charge is 2.16. The van der Waals surface area contributed by atoms with Gasteiger partial charge in [-0.25, -0.2) is 9.37 Å². The number of hydrogen-bond acceptors (Lipinski definition) is 3. The number of ether oxygens (including phenoxy) is 1. The largest absolute Gasteiger partial charge is 0.490 e. The maximum Gasteiger partial charge on any atom is 0.224 e. The molecule has 1 N–H and O–H groups in total. The topological polar surface area (TPSA) is 56.1 Å². The Morgan fingerprint density at radius 3 is 2.72 bits per heavy atom. The SMILES string of the molecule is C[C@@H](NC(=O)CCOc1ccccc1F)c1nc2ccccc2n1C. The predicted molar refractivity (Wildman–Crippen MR) is 93.8 cm³/mol. The van der Waals surface area contributed by atoms with Crippen LogP contribution in [0.4, 0.5) is 4.39 Å². The van der Waals surface area contributed by atoms with Crippen LogP contribution in [0.5, 0.6) is 5.75 Å². The molecule has 1 aromatic heterocycles. The first-order valence-electron chi connectivity index (χ1n) is 8.14. The minimum atomic E-state index is -0.434. The molecule has 0 radical (unpaired) electrons. The number of para-hydroxylation sites is 3. The van der Waals surface area contributed by atoms with Crippen LogP contribution in [0, 0.1) is 5.82 Å².